The maximum atomic E-state index is 13.8. The van der Waals surface area contributed by atoms with E-state index in [-0.39, 0.29) is 11.9 Å². The molecule has 0 radical (unpaired) electrons. The highest BCUT2D eigenvalue weighted by Gasteiger charge is 2.24. The lowest BCUT2D eigenvalue weighted by atomic mass is 10.0. The standard InChI is InChI=1S/C17H27FN2/c1-4-17(15-7-5-6-8-16(15)18)19-11-14-9-10-20(12-14)13(2)3/h5-8,13-14,17,19H,4,9-12H2,1-3H3. The van der Waals surface area contributed by atoms with Crippen molar-refractivity contribution in [2.75, 3.05) is 19.6 Å². The van der Waals surface area contributed by atoms with Crippen LogP contribution in [0.5, 0.6) is 0 Å². The first kappa shape index (κ1) is 15.5. The van der Waals surface area contributed by atoms with Gasteiger partial charge < -0.3 is 10.2 Å². The molecule has 1 saturated heterocycles. The van der Waals surface area contributed by atoms with E-state index in [2.05, 4.69) is 31.0 Å². The van der Waals surface area contributed by atoms with Crippen molar-refractivity contribution in [2.45, 2.75) is 45.7 Å². The normalized spacial score (nSPS) is 21.6. The molecule has 1 N–H and O–H groups in total. The Labute approximate surface area is 122 Å². The van der Waals surface area contributed by atoms with E-state index in [1.807, 2.05) is 12.1 Å². The van der Waals surface area contributed by atoms with E-state index in [4.69, 9.17) is 0 Å². The number of hydrogen-bond acceptors (Lipinski definition) is 2. The van der Waals surface area contributed by atoms with Crippen molar-refractivity contribution < 1.29 is 4.39 Å². The van der Waals surface area contributed by atoms with Crippen LogP contribution in [0.1, 0.15) is 45.2 Å². The first-order valence-electron chi connectivity index (χ1n) is 7.83. The summed E-state index contributed by atoms with van der Waals surface area (Å²) in [5, 5.41) is 3.56. The van der Waals surface area contributed by atoms with E-state index in [1.54, 1.807) is 12.1 Å². The molecule has 20 heavy (non-hydrogen) atoms. The topological polar surface area (TPSA) is 15.3 Å². The van der Waals surface area contributed by atoms with Gasteiger partial charge in [-0.25, -0.2) is 4.39 Å². The first-order chi connectivity index (χ1) is 9.61. The van der Waals surface area contributed by atoms with Gasteiger partial charge in [0.15, 0.2) is 0 Å². The lowest BCUT2D eigenvalue weighted by molar-refractivity contribution is 0.262. The fourth-order valence-corrected chi connectivity index (χ4v) is 3.04. The number of hydrogen-bond donors (Lipinski definition) is 1. The molecule has 0 bridgehead atoms. The molecule has 1 fully saturated rings. The second kappa shape index (κ2) is 7.19. The van der Waals surface area contributed by atoms with E-state index in [1.165, 1.54) is 19.5 Å². The van der Waals surface area contributed by atoms with Gasteiger partial charge in [-0.1, -0.05) is 25.1 Å². The van der Waals surface area contributed by atoms with Crippen LogP contribution in [0.2, 0.25) is 0 Å². The average molecular weight is 278 g/mol. The highest BCUT2D eigenvalue weighted by molar-refractivity contribution is 5.21. The summed E-state index contributed by atoms with van der Waals surface area (Å²) in [4.78, 5) is 2.52. The Balaban J connectivity index is 1.88. The zero-order valence-corrected chi connectivity index (χ0v) is 12.9. The summed E-state index contributed by atoms with van der Waals surface area (Å²) in [7, 11) is 0. The molecule has 1 aromatic carbocycles. The molecule has 2 rings (SSSR count). The summed E-state index contributed by atoms with van der Waals surface area (Å²) in [5.41, 5.74) is 0.800. The highest BCUT2D eigenvalue weighted by atomic mass is 19.1. The molecule has 2 nitrogen and oxygen atoms in total. The third-order valence-corrected chi connectivity index (χ3v) is 4.39. The van der Waals surface area contributed by atoms with Gasteiger partial charge in [0.05, 0.1) is 0 Å². The monoisotopic (exact) mass is 278 g/mol. The minimum absolute atomic E-state index is 0.0953. The Morgan fingerprint density at radius 1 is 1.35 bits per heavy atom. The molecule has 112 valence electrons. The fraction of sp³-hybridized carbons (Fsp3) is 0.647. The molecular weight excluding hydrogens is 251 g/mol. The minimum Gasteiger partial charge on any atom is -0.310 e. The average Bonchev–Trinajstić information content (AvgIpc) is 2.90. The predicted octanol–water partition coefficient (Wildman–Crippen LogP) is 3.60. The molecule has 0 spiro atoms. The van der Waals surface area contributed by atoms with Crippen molar-refractivity contribution in [3.8, 4) is 0 Å². The van der Waals surface area contributed by atoms with Crippen LogP contribution in [0.4, 0.5) is 4.39 Å². The van der Waals surface area contributed by atoms with Crippen molar-refractivity contribution in [1.29, 1.82) is 0 Å². The number of nitrogens with one attached hydrogen (secondary N) is 1. The third kappa shape index (κ3) is 3.80. The van der Waals surface area contributed by atoms with Crippen molar-refractivity contribution in [3.05, 3.63) is 35.6 Å². The van der Waals surface area contributed by atoms with Crippen LogP contribution in [0.15, 0.2) is 24.3 Å². The van der Waals surface area contributed by atoms with E-state index < -0.39 is 0 Å². The van der Waals surface area contributed by atoms with Crippen LogP contribution in [0.25, 0.3) is 0 Å². The van der Waals surface area contributed by atoms with Gasteiger partial charge in [-0.2, -0.15) is 0 Å². The van der Waals surface area contributed by atoms with E-state index >= 15 is 0 Å². The zero-order valence-electron chi connectivity index (χ0n) is 12.9. The SMILES string of the molecule is CCC(NCC1CCN(C(C)C)C1)c1ccccc1F. The van der Waals surface area contributed by atoms with Crippen LogP contribution in [0, 0.1) is 11.7 Å². The molecule has 1 heterocycles. The number of benzene rings is 1. The lowest BCUT2D eigenvalue weighted by Gasteiger charge is -2.22. The zero-order chi connectivity index (χ0) is 14.5. The van der Waals surface area contributed by atoms with Crippen molar-refractivity contribution >= 4 is 0 Å². The summed E-state index contributed by atoms with van der Waals surface area (Å²) >= 11 is 0. The summed E-state index contributed by atoms with van der Waals surface area (Å²) in [6.45, 7) is 9.96. The van der Waals surface area contributed by atoms with Crippen LogP contribution in [-0.4, -0.2) is 30.6 Å². The molecule has 0 saturated carbocycles. The van der Waals surface area contributed by atoms with Gasteiger partial charge in [-0.15, -0.1) is 0 Å². The Kier molecular flexibility index (Phi) is 5.55. The Morgan fingerprint density at radius 2 is 2.10 bits per heavy atom. The van der Waals surface area contributed by atoms with Gasteiger partial charge in [0.25, 0.3) is 0 Å². The highest BCUT2D eigenvalue weighted by Crippen LogP contribution is 2.22. The van der Waals surface area contributed by atoms with Gasteiger partial charge in [0.2, 0.25) is 0 Å². The fourth-order valence-electron chi connectivity index (χ4n) is 3.04. The van der Waals surface area contributed by atoms with E-state index in [9.17, 15) is 4.39 Å². The summed E-state index contributed by atoms with van der Waals surface area (Å²) in [5.74, 6) is 0.598. The molecule has 1 aliphatic heterocycles. The molecule has 1 aliphatic rings. The number of likely N-dealkylation sites (tertiary alicyclic amines) is 1. The largest absolute Gasteiger partial charge is 0.310 e. The summed E-state index contributed by atoms with van der Waals surface area (Å²) in [6.07, 6.45) is 2.17. The van der Waals surface area contributed by atoms with Gasteiger partial charge in [-0.05, 0) is 51.8 Å². The number of halogens is 1. The van der Waals surface area contributed by atoms with Crippen LogP contribution in [-0.2, 0) is 0 Å². The van der Waals surface area contributed by atoms with Crippen LogP contribution >= 0.6 is 0 Å². The van der Waals surface area contributed by atoms with Gasteiger partial charge in [0, 0.05) is 24.2 Å². The smallest absolute Gasteiger partial charge is 0.127 e. The molecule has 2 atom stereocenters. The van der Waals surface area contributed by atoms with Crippen LogP contribution < -0.4 is 5.32 Å². The summed E-state index contributed by atoms with van der Waals surface area (Å²) < 4.78 is 13.8. The van der Waals surface area contributed by atoms with Crippen molar-refractivity contribution in [3.63, 3.8) is 0 Å². The molecule has 0 amide bonds. The maximum absolute atomic E-state index is 13.8. The van der Waals surface area contributed by atoms with Gasteiger partial charge in [0.1, 0.15) is 5.82 Å². The lowest BCUT2D eigenvalue weighted by Crippen LogP contribution is -2.32. The predicted molar refractivity (Wildman–Crippen MR) is 82.3 cm³/mol. The van der Waals surface area contributed by atoms with Gasteiger partial charge in [-0.3, -0.25) is 0 Å². The second-order valence-corrected chi connectivity index (χ2v) is 6.13. The van der Waals surface area contributed by atoms with Crippen LogP contribution in [0.3, 0.4) is 0 Å². The Morgan fingerprint density at radius 3 is 2.70 bits per heavy atom. The van der Waals surface area contributed by atoms with Crippen molar-refractivity contribution in [1.82, 2.24) is 10.2 Å². The van der Waals surface area contributed by atoms with E-state index in [0.717, 1.165) is 18.5 Å². The number of nitrogens with zero attached hydrogens (tertiary/aromatic N) is 1. The summed E-state index contributed by atoms with van der Waals surface area (Å²) in [6, 6.07) is 7.88. The quantitative estimate of drug-likeness (QED) is 0.855. The molecule has 2 unspecified atom stereocenters. The van der Waals surface area contributed by atoms with Gasteiger partial charge >= 0.3 is 0 Å². The first-order valence-corrected chi connectivity index (χ1v) is 7.83. The molecule has 3 heteroatoms. The Bertz CT molecular complexity index is 419. The Hall–Kier alpha value is -0.930. The third-order valence-electron chi connectivity index (χ3n) is 4.39. The maximum Gasteiger partial charge on any atom is 0.127 e. The van der Waals surface area contributed by atoms with Crippen molar-refractivity contribution in [2.24, 2.45) is 5.92 Å². The van der Waals surface area contributed by atoms with E-state index in [0.29, 0.717) is 12.0 Å². The molecule has 0 aliphatic carbocycles. The minimum atomic E-state index is -0.0953. The molecule has 1 aromatic rings. The molecule has 0 aromatic heterocycles. The number of rotatable bonds is 6. The molecular formula is C17H27FN2. The second-order valence-electron chi connectivity index (χ2n) is 6.13.